The molecule has 0 fully saturated rings. The molecule has 0 unspecified atom stereocenters. The predicted molar refractivity (Wildman–Crippen MR) is 34.5 cm³/mol. The van der Waals surface area contributed by atoms with Crippen molar-refractivity contribution in [2.45, 2.75) is 0 Å². The lowest BCUT2D eigenvalue weighted by Gasteiger charge is -2.10. The summed E-state index contributed by atoms with van der Waals surface area (Å²) in [5.41, 5.74) is 4.59. The molecule has 0 spiro atoms. The maximum atomic E-state index is 10.6. The van der Waals surface area contributed by atoms with E-state index in [-0.39, 0.29) is 0 Å². The average molecular weight is 160 g/mol. The van der Waals surface area contributed by atoms with Crippen molar-refractivity contribution in [3.05, 3.63) is 0 Å². The van der Waals surface area contributed by atoms with Crippen LogP contribution >= 0.6 is 0 Å². The third kappa shape index (κ3) is 3.19. The molecule has 0 aromatic heterocycles. The van der Waals surface area contributed by atoms with E-state index in [0.717, 1.165) is 4.90 Å². The van der Waals surface area contributed by atoms with Gasteiger partial charge in [0.05, 0.1) is 0 Å². The first-order valence-electron chi connectivity index (χ1n) is 2.72. The van der Waals surface area contributed by atoms with Gasteiger partial charge < -0.3 is 15.7 Å². The van der Waals surface area contributed by atoms with Gasteiger partial charge in [-0.05, 0) is 0 Å². The van der Waals surface area contributed by atoms with Gasteiger partial charge in [0.25, 0.3) is 0 Å². The van der Waals surface area contributed by atoms with Crippen LogP contribution in [0.3, 0.4) is 0 Å². The quantitative estimate of drug-likeness (QED) is 0.457. The summed E-state index contributed by atoms with van der Waals surface area (Å²) in [6.45, 7) is -0.526. The lowest BCUT2D eigenvalue weighted by Crippen LogP contribution is -2.40. The molecule has 0 saturated carbocycles. The Hall–Kier alpha value is -1.59. The molecule has 0 rings (SSSR count). The van der Waals surface area contributed by atoms with Crippen LogP contribution < -0.4 is 5.73 Å². The molecule has 62 valence electrons. The van der Waals surface area contributed by atoms with Crippen molar-refractivity contribution >= 4 is 17.8 Å². The van der Waals surface area contributed by atoms with E-state index in [1.807, 2.05) is 0 Å². The summed E-state index contributed by atoms with van der Waals surface area (Å²) in [6.07, 6.45) is 0. The SMILES string of the molecule is CN(CC(=O)O)C(=O)C(N)=O. The van der Waals surface area contributed by atoms with Crippen LogP contribution in [-0.2, 0) is 14.4 Å². The zero-order valence-corrected chi connectivity index (χ0v) is 5.90. The van der Waals surface area contributed by atoms with Crippen LogP contribution in [0.5, 0.6) is 0 Å². The molecule has 0 aromatic rings. The van der Waals surface area contributed by atoms with Gasteiger partial charge in [-0.25, -0.2) is 0 Å². The van der Waals surface area contributed by atoms with E-state index in [1.165, 1.54) is 7.05 Å². The molecule has 3 N–H and O–H groups in total. The molecular weight excluding hydrogens is 152 g/mol. The maximum Gasteiger partial charge on any atom is 0.323 e. The zero-order valence-electron chi connectivity index (χ0n) is 5.90. The third-order valence-electron chi connectivity index (χ3n) is 0.930. The third-order valence-corrected chi connectivity index (χ3v) is 0.930. The van der Waals surface area contributed by atoms with Crippen LogP contribution in [0.15, 0.2) is 0 Å². The smallest absolute Gasteiger partial charge is 0.323 e. The van der Waals surface area contributed by atoms with Gasteiger partial charge in [-0.1, -0.05) is 0 Å². The van der Waals surface area contributed by atoms with Crippen molar-refractivity contribution in [3.63, 3.8) is 0 Å². The highest BCUT2D eigenvalue weighted by Gasteiger charge is 2.16. The van der Waals surface area contributed by atoms with Crippen molar-refractivity contribution < 1.29 is 19.5 Å². The van der Waals surface area contributed by atoms with Crippen molar-refractivity contribution in [2.24, 2.45) is 5.73 Å². The number of carboxylic acid groups (broad SMARTS) is 1. The maximum absolute atomic E-state index is 10.6. The Kier molecular flexibility index (Phi) is 3.03. The molecule has 0 aliphatic rings. The Labute approximate surface area is 62.6 Å². The number of carbonyl (C=O) groups is 3. The number of hydrogen-bond donors (Lipinski definition) is 2. The molecule has 0 saturated heterocycles. The molecular formula is C5H8N2O4. The van der Waals surface area contributed by atoms with Gasteiger partial charge in [-0.2, -0.15) is 0 Å². The van der Waals surface area contributed by atoms with Crippen molar-refractivity contribution in [2.75, 3.05) is 13.6 Å². The zero-order chi connectivity index (χ0) is 9.02. The fourth-order valence-corrected chi connectivity index (χ4v) is 0.463. The van der Waals surface area contributed by atoms with Gasteiger partial charge in [0.2, 0.25) is 0 Å². The standard InChI is InChI=1S/C5H8N2O4/c1-7(2-3(8)9)5(11)4(6)10/h2H2,1H3,(H2,6,10)(H,8,9). The summed E-state index contributed by atoms with van der Waals surface area (Å²) in [7, 11) is 1.18. The van der Waals surface area contributed by atoms with E-state index < -0.39 is 24.3 Å². The van der Waals surface area contributed by atoms with Crippen molar-refractivity contribution in [1.29, 1.82) is 0 Å². The number of nitrogens with two attached hydrogens (primary N) is 1. The number of rotatable bonds is 2. The number of amides is 2. The monoisotopic (exact) mass is 160 g/mol. The highest BCUT2D eigenvalue weighted by molar-refractivity contribution is 6.34. The molecule has 0 atom stereocenters. The Balaban J connectivity index is 4.03. The summed E-state index contributed by atoms with van der Waals surface area (Å²) < 4.78 is 0. The number of hydrogen-bond acceptors (Lipinski definition) is 3. The fourth-order valence-electron chi connectivity index (χ4n) is 0.463. The summed E-state index contributed by atoms with van der Waals surface area (Å²) in [6, 6.07) is 0. The summed E-state index contributed by atoms with van der Waals surface area (Å²) in [4.78, 5) is 31.4. The second-order valence-electron chi connectivity index (χ2n) is 1.92. The lowest BCUT2D eigenvalue weighted by molar-refractivity contribution is -0.147. The highest BCUT2D eigenvalue weighted by Crippen LogP contribution is 1.82. The molecule has 6 nitrogen and oxygen atoms in total. The first-order valence-corrected chi connectivity index (χ1v) is 2.72. The van der Waals surface area contributed by atoms with Crippen LogP contribution in [0.1, 0.15) is 0 Å². The average Bonchev–Trinajstić information content (AvgIpc) is 1.84. The topological polar surface area (TPSA) is 101 Å². The van der Waals surface area contributed by atoms with Crippen molar-refractivity contribution in [3.8, 4) is 0 Å². The minimum absolute atomic E-state index is 0.526. The lowest BCUT2D eigenvalue weighted by atomic mass is 10.5. The second kappa shape index (κ2) is 3.55. The van der Waals surface area contributed by atoms with E-state index >= 15 is 0 Å². The fraction of sp³-hybridized carbons (Fsp3) is 0.400. The molecule has 0 bridgehead atoms. The molecule has 2 amide bonds. The van der Waals surface area contributed by atoms with Crippen LogP contribution in [0.25, 0.3) is 0 Å². The minimum Gasteiger partial charge on any atom is -0.480 e. The first-order chi connectivity index (χ1) is 4.95. The second-order valence-corrected chi connectivity index (χ2v) is 1.92. The molecule has 0 aromatic carbocycles. The normalized spacial score (nSPS) is 8.82. The summed E-state index contributed by atoms with van der Waals surface area (Å²) in [5.74, 6) is -3.36. The Morgan fingerprint density at radius 2 is 1.91 bits per heavy atom. The van der Waals surface area contributed by atoms with Gasteiger partial charge in [0, 0.05) is 7.05 Å². The molecule has 0 aliphatic carbocycles. The van der Waals surface area contributed by atoms with E-state index in [9.17, 15) is 14.4 Å². The van der Waals surface area contributed by atoms with Crippen LogP contribution in [-0.4, -0.2) is 41.4 Å². The summed E-state index contributed by atoms with van der Waals surface area (Å²) in [5, 5.41) is 8.17. The van der Waals surface area contributed by atoms with E-state index in [0.29, 0.717) is 0 Å². The van der Waals surface area contributed by atoms with E-state index in [1.54, 1.807) is 0 Å². The van der Waals surface area contributed by atoms with E-state index in [4.69, 9.17) is 5.11 Å². The largest absolute Gasteiger partial charge is 0.480 e. The number of likely N-dealkylation sites (N-methyl/N-ethyl adjacent to an activating group) is 1. The van der Waals surface area contributed by atoms with Gasteiger partial charge in [0.15, 0.2) is 0 Å². The number of primary amides is 1. The van der Waals surface area contributed by atoms with E-state index in [2.05, 4.69) is 5.73 Å². The van der Waals surface area contributed by atoms with Crippen LogP contribution in [0.2, 0.25) is 0 Å². The molecule has 0 heterocycles. The van der Waals surface area contributed by atoms with Gasteiger partial charge in [0.1, 0.15) is 6.54 Å². The van der Waals surface area contributed by atoms with Gasteiger partial charge in [-0.15, -0.1) is 0 Å². The number of nitrogens with zero attached hydrogens (tertiary/aromatic N) is 1. The van der Waals surface area contributed by atoms with Crippen molar-refractivity contribution in [1.82, 2.24) is 4.90 Å². The molecule has 11 heavy (non-hydrogen) atoms. The predicted octanol–water partition coefficient (Wildman–Crippen LogP) is -1.99. The molecule has 6 heteroatoms. The number of aliphatic carboxylic acids is 1. The highest BCUT2D eigenvalue weighted by atomic mass is 16.4. The van der Waals surface area contributed by atoms with Gasteiger partial charge in [-0.3, -0.25) is 14.4 Å². The number of carboxylic acids is 1. The Bertz CT molecular complexity index is 201. The van der Waals surface area contributed by atoms with Crippen LogP contribution in [0, 0.1) is 0 Å². The minimum atomic E-state index is -1.19. The summed E-state index contributed by atoms with van der Waals surface area (Å²) >= 11 is 0. The molecule has 0 aliphatic heterocycles. The van der Waals surface area contributed by atoms with Crippen LogP contribution in [0.4, 0.5) is 0 Å². The Morgan fingerprint density at radius 3 is 2.18 bits per heavy atom. The van der Waals surface area contributed by atoms with Gasteiger partial charge >= 0.3 is 17.8 Å². The Morgan fingerprint density at radius 1 is 1.45 bits per heavy atom. The first kappa shape index (κ1) is 9.41. The molecule has 0 radical (unpaired) electrons. The number of carbonyl (C=O) groups excluding carboxylic acids is 2.